The standard InChI is InChI=1S/C23H38N6O/c1-5-24-23(25-17-20-8-9-21(26(3)4)16-19(20)2)29-14-12-27(13-15-29)18-22(30)28-10-6-7-11-28/h8-9,16H,5-7,10-15,17-18H2,1-4H3,(H,24,25). The zero-order valence-corrected chi connectivity index (χ0v) is 19.2. The molecule has 0 spiro atoms. The predicted octanol–water partition coefficient (Wildman–Crippen LogP) is 1.77. The molecule has 2 aliphatic heterocycles. The summed E-state index contributed by atoms with van der Waals surface area (Å²) in [7, 11) is 4.13. The molecule has 1 aromatic rings. The van der Waals surface area contributed by atoms with Crippen LogP contribution in [0, 0.1) is 6.92 Å². The summed E-state index contributed by atoms with van der Waals surface area (Å²) >= 11 is 0. The van der Waals surface area contributed by atoms with Crippen LogP contribution in [-0.2, 0) is 11.3 Å². The molecule has 1 aromatic carbocycles. The molecule has 30 heavy (non-hydrogen) atoms. The van der Waals surface area contributed by atoms with E-state index in [1.165, 1.54) is 16.8 Å². The van der Waals surface area contributed by atoms with Gasteiger partial charge < -0.3 is 20.0 Å². The molecule has 3 rings (SSSR count). The van der Waals surface area contributed by atoms with Crippen LogP contribution in [0.2, 0.25) is 0 Å². The Bertz CT molecular complexity index is 733. The number of hydrogen-bond acceptors (Lipinski definition) is 4. The largest absolute Gasteiger partial charge is 0.378 e. The molecule has 0 aliphatic carbocycles. The molecule has 0 atom stereocenters. The van der Waals surface area contributed by atoms with Crippen LogP contribution in [-0.4, -0.2) is 93.0 Å². The average molecular weight is 415 g/mol. The molecule has 0 bridgehead atoms. The van der Waals surface area contributed by atoms with E-state index in [2.05, 4.69) is 66.2 Å². The number of carbonyl (C=O) groups excluding carboxylic acids is 1. The minimum absolute atomic E-state index is 0.290. The van der Waals surface area contributed by atoms with Crippen LogP contribution in [0.15, 0.2) is 23.2 Å². The molecule has 1 N–H and O–H groups in total. The molecule has 7 heteroatoms. The van der Waals surface area contributed by atoms with Gasteiger partial charge in [0.05, 0.1) is 13.1 Å². The molecular formula is C23H38N6O. The molecule has 166 valence electrons. The fourth-order valence-electron chi connectivity index (χ4n) is 4.10. The molecule has 2 fully saturated rings. The van der Waals surface area contributed by atoms with Crippen molar-refractivity contribution in [1.82, 2.24) is 20.0 Å². The van der Waals surface area contributed by atoms with Gasteiger partial charge in [-0.1, -0.05) is 6.07 Å². The summed E-state index contributed by atoms with van der Waals surface area (Å²) < 4.78 is 0. The first-order valence-corrected chi connectivity index (χ1v) is 11.3. The second-order valence-corrected chi connectivity index (χ2v) is 8.53. The third-order valence-electron chi connectivity index (χ3n) is 6.07. The van der Waals surface area contributed by atoms with Crippen molar-refractivity contribution in [2.24, 2.45) is 4.99 Å². The summed E-state index contributed by atoms with van der Waals surface area (Å²) in [5.74, 6) is 1.26. The Balaban J connectivity index is 1.55. The maximum Gasteiger partial charge on any atom is 0.236 e. The van der Waals surface area contributed by atoms with Crippen molar-refractivity contribution < 1.29 is 4.79 Å². The minimum Gasteiger partial charge on any atom is -0.378 e. The number of hydrogen-bond donors (Lipinski definition) is 1. The lowest BCUT2D eigenvalue weighted by Crippen LogP contribution is -2.54. The van der Waals surface area contributed by atoms with Gasteiger partial charge in [-0.05, 0) is 49.9 Å². The SMILES string of the molecule is CCNC(=NCc1ccc(N(C)C)cc1C)N1CCN(CC(=O)N2CCCC2)CC1. The summed E-state index contributed by atoms with van der Waals surface area (Å²) in [5.41, 5.74) is 3.74. The highest BCUT2D eigenvalue weighted by Crippen LogP contribution is 2.18. The zero-order chi connectivity index (χ0) is 21.5. The zero-order valence-electron chi connectivity index (χ0n) is 19.2. The fourth-order valence-corrected chi connectivity index (χ4v) is 4.10. The molecule has 7 nitrogen and oxygen atoms in total. The highest BCUT2D eigenvalue weighted by Gasteiger charge is 2.24. The topological polar surface area (TPSA) is 54.4 Å². The van der Waals surface area contributed by atoms with Crippen LogP contribution in [0.4, 0.5) is 5.69 Å². The van der Waals surface area contributed by atoms with E-state index in [0.29, 0.717) is 13.1 Å². The fraction of sp³-hybridized carbons (Fsp3) is 0.652. The molecule has 0 radical (unpaired) electrons. The van der Waals surface area contributed by atoms with E-state index in [0.717, 1.165) is 64.6 Å². The number of anilines is 1. The number of amides is 1. The molecule has 0 saturated carbocycles. The van der Waals surface area contributed by atoms with E-state index in [4.69, 9.17) is 4.99 Å². The first-order valence-electron chi connectivity index (χ1n) is 11.3. The van der Waals surface area contributed by atoms with Gasteiger partial charge in [0.15, 0.2) is 5.96 Å². The van der Waals surface area contributed by atoms with Crippen LogP contribution < -0.4 is 10.2 Å². The Labute approximate surface area is 181 Å². The van der Waals surface area contributed by atoms with Gasteiger partial charge in [-0.3, -0.25) is 9.69 Å². The molecule has 2 aliphatic rings. The molecule has 0 aromatic heterocycles. The maximum atomic E-state index is 12.4. The molecule has 2 heterocycles. The lowest BCUT2D eigenvalue weighted by molar-refractivity contribution is -0.131. The average Bonchev–Trinajstić information content (AvgIpc) is 3.27. The lowest BCUT2D eigenvalue weighted by Gasteiger charge is -2.36. The number of carbonyl (C=O) groups is 1. The van der Waals surface area contributed by atoms with Crippen molar-refractivity contribution in [2.75, 3.05) is 71.4 Å². The summed E-state index contributed by atoms with van der Waals surface area (Å²) in [5, 5.41) is 3.45. The van der Waals surface area contributed by atoms with Crippen LogP contribution in [0.1, 0.15) is 30.9 Å². The van der Waals surface area contributed by atoms with E-state index in [-0.39, 0.29) is 5.91 Å². The van der Waals surface area contributed by atoms with E-state index >= 15 is 0 Å². The van der Waals surface area contributed by atoms with Crippen LogP contribution >= 0.6 is 0 Å². The highest BCUT2D eigenvalue weighted by atomic mass is 16.2. The number of guanidine groups is 1. The normalized spacial score (nSPS) is 18.1. The first kappa shape index (κ1) is 22.4. The van der Waals surface area contributed by atoms with Gasteiger partial charge >= 0.3 is 0 Å². The summed E-state index contributed by atoms with van der Waals surface area (Å²) in [6.45, 7) is 11.8. The van der Waals surface area contributed by atoms with Crippen molar-refractivity contribution in [3.63, 3.8) is 0 Å². The van der Waals surface area contributed by atoms with E-state index in [9.17, 15) is 4.79 Å². The number of rotatable bonds is 6. The number of aryl methyl sites for hydroxylation is 1. The Morgan fingerprint density at radius 3 is 2.37 bits per heavy atom. The van der Waals surface area contributed by atoms with Gasteiger partial charge in [-0.2, -0.15) is 0 Å². The van der Waals surface area contributed by atoms with E-state index in [1.54, 1.807) is 0 Å². The Hall–Kier alpha value is -2.28. The Morgan fingerprint density at radius 1 is 1.07 bits per heavy atom. The van der Waals surface area contributed by atoms with Crippen molar-refractivity contribution in [3.05, 3.63) is 29.3 Å². The van der Waals surface area contributed by atoms with Gasteiger partial charge in [-0.25, -0.2) is 4.99 Å². The van der Waals surface area contributed by atoms with Gasteiger partial charge in [0.1, 0.15) is 0 Å². The summed E-state index contributed by atoms with van der Waals surface area (Å²) in [6, 6.07) is 6.55. The number of nitrogens with one attached hydrogen (secondary N) is 1. The number of aliphatic imine (C=N–C) groups is 1. The summed E-state index contributed by atoms with van der Waals surface area (Å²) in [4.78, 5) is 26.1. The van der Waals surface area contributed by atoms with Crippen molar-refractivity contribution >= 4 is 17.6 Å². The molecular weight excluding hydrogens is 376 g/mol. The van der Waals surface area contributed by atoms with Crippen LogP contribution in [0.5, 0.6) is 0 Å². The van der Waals surface area contributed by atoms with Crippen molar-refractivity contribution in [1.29, 1.82) is 0 Å². The number of piperazine rings is 1. The molecule has 1 amide bonds. The number of nitrogens with zero attached hydrogens (tertiary/aromatic N) is 5. The minimum atomic E-state index is 0.290. The van der Waals surface area contributed by atoms with Gasteiger partial charge in [0.2, 0.25) is 5.91 Å². The first-order chi connectivity index (χ1) is 14.5. The molecule has 2 saturated heterocycles. The van der Waals surface area contributed by atoms with Gasteiger partial charge in [-0.15, -0.1) is 0 Å². The van der Waals surface area contributed by atoms with Crippen molar-refractivity contribution in [2.45, 2.75) is 33.2 Å². The van der Waals surface area contributed by atoms with Gasteiger partial charge in [0.25, 0.3) is 0 Å². The van der Waals surface area contributed by atoms with Crippen LogP contribution in [0.3, 0.4) is 0 Å². The van der Waals surface area contributed by atoms with E-state index < -0.39 is 0 Å². The summed E-state index contributed by atoms with van der Waals surface area (Å²) in [6.07, 6.45) is 2.30. The third kappa shape index (κ3) is 5.88. The second-order valence-electron chi connectivity index (χ2n) is 8.53. The smallest absolute Gasteiger partial charge is 0.236 e. The quantitative estimate of drug-likeness (QED) is 0.568. The van der Waals surface area contributed by atoms with Crippen molar-refractivity contribution in [3.8, 4) is 0 Å². The number of benzene rings is 1. The monoisotopic (exact) mass is 414 g/mol. The Morgan fingerprint density at radius 2 is 1.77 bits per heavy atom. The predicted molar refractivity (Wildman–Crippen MR) is 124 cm³/mol. The Kier molecular flexibility index (Phi) is 7.96. The van der Waals surface area contributed by atoms with Gasteiger partial charge in [0, 0.05) is 65.6 Å². The second kappa shape index (κ2) is 10.7. The number of likely N-dealkylation sites (tertiary alicyclic amines) is 1. The maximum absolute atomic E-state index is 12.4. The molecule has 0 unspecified atom stereocenters. The van der Waals surface area contributed by atoms with Crippen LogP contribution in [0.25, 0.3) is 0 Å². The van der Waals surface area contributed by atoms with E-state index in [1.807, 2.05) is 4.90 Å². The third-order valence-corrected chi connectivity index (χ3v) is 6.07. The highest BCUT2D eigenvalue weighted by molar-refractivity contribution is 5.80. The lowest BCUT2D eigenvalue weighted by atomic mass is 10.1.